The van der Waals surface area contributed by atoms with Gasteiger partial charge >= 0.3 is 0 Å². The normalized spacial score (nSPS) is 10.3. The van der Waals surface area contributed by atoms with Crippen molar-refractivity contribution >= 4 is 0 Å². The molecule has 0 aliphatic rings. The van der Waals surface area contributed by atoms with E-state index in [1.807, 2.05) is 6.08 Å². The third-order valence-electron chi connectivity index (χ3n) is 3.73. The summed E-state index contributed by atoms with van der Waals surface area (Å²) < 4.78 is 0. The number of allylic oxidation sites excluding steroid dienone is 3. The van der Waals surface area contributed by atoms with Gasteiger partial charge in [0.2, 0.25) is 0 Å². The molecule has 0 bridgehead atoms. The Morgan fingerprint density at radius 1 is 0.783 bits per heavy atom. The molecule has 0 saturated carbocycles. The summed E-state index contributed by atoms with van der Waals surface area (Å²) in [5.41, 5.74) is 4.82. The lowest BCUT2D eigenvalue weighted by Crippen LogP contribution is -1.85. The third kappa shape index (κ3) is 6.01. The highest BCUT2D eigenvalue weighted by Gasteiger charge is 1.93. The van der Waals surface area contributed by atoms with E-state index in [1.165, 1.54) is 11.1 Å². The number of hydrogen-bond acceptors (Lipinski definition) is 0. The number of aryl methyl sites for hydroxylation is 2. The van der Waals surface area contributed by atoms with Crippen LogP contribution in [0.4, 0.5) is 0 Å². The Hall–Kier alpha value is -2.52. The van der Waals surface area contributed by atoms with Gasteiger partial charge in [-0.3, -0.25) is 0 Å². The molecule has 2 rings (SSSR count). The van der Waals surface area contributed by atoms with Crippen LogP contribution in [-0.2, 0) is 12.8 Å². The molecular weight excluding hydrogens is 276 g/mol. The monoisotopic (exact) mass is 300 g/mol. The van der Waals surface area contributed by atoms with Crippen LogP contribution in [0, 0.1) is 11.8 Å². The molecule has 0 radical (unpaired) electrons. The van der Waals surface area contributed by atoms with Crippen LogP contribution in [0.2, 0.25) is 0 Å². The molecule has 0 nitrogen and oxygen atoms in total. The lowest BCUT2D eigenvalue weighted by Gasteiger charge is -1.99. The average Bonchev–Trinajstić information content (AvgIpc) is 2.60. The zero-order chi connectivity index (χ0) is 16.3. The summed E-state index contributed by atoms with van der Waals surface area (Å²) in [5.74, 6) is 6.47. The zero-order valence-electron chi connectivity index (χ0n) is 13.9. The van der Waals surface area contributed by atoms with Gasteiger partial charge in [-0.05, 0) is 68.0 Å². The molecule has 0 heteroatoms. The van der Waals surface area contributed by atoms with Crippen LogP contribution in [0.1, 0.15) is 42.0 Å². The topological polar surface area (TPSA) is 0 Å². The summed E-state index contributed by atoms with van der Waals surface area (Å²) >= 11 is 0. The Bertz CT molecular complexity index is 688. The zero-order valence-corrected chi connectivity index (χ0v) is 13.9. The van der Waals surface area contributed by atoms with Crippen LogP contribution in [0.5, 0.6) is 0 Å². The molecule has 0 spiro atoms. The summed E-state index contributed by atoms with van der Waals surface area (Å²) in [6.07, 6.45) is 10.5. The Morgan fingerprint density at radius 2 is 1.26 bits per heavy atom. The van der Waals surface area contributed by atoms with Crippen molar-refractivity contribution in [3.05, 3.63) is 95.6 Å². The van der Waals surface area contributed by atoms with E-state index < -0.39 is 0 Å². The van der Waals surface area contributed by atoms with Gasteiger partial charge in [-0.25, -0.2) is 0 Å². The van der Waals surface area contributed by atoms with E-state index in [0.29, 0.717) is 0 Å². The van der Waals surface area contributed by atoms with Gasteiger partial charge in [-0.1, -0.05) is 54.3 Å². The van der Waals surface area contributed by atoms with Crippen molar-refractivity contribution in [1.82, 2.24) is 0 Å². The quantitative estimate of drug-likeness (QED) is 0.473. The van der Waals surface area contributed by atoms with Crippen LogP contribution in [0.25, 0.3) is 0 Å². The maximum Gasteiger partial charge on any atom is 0.0249 e. The number of hydrogen-bond donors (Lipinski definition) is 0. The van der Waals surface area contributed by atoms with Crippen molar-refractivity contribution in [1.29, 1.82) is 0 Å². The summed E-state index contributed by atoms with van der Waals surface area (Å²) in [4.78, 5) is 0. The summed E-state index contributed by atoms with van der Waals surface area (Å²) in [6, 6.07) is 17.0. The van der Waals surface area contributed by atoms with E-state index in [2.05, 4.69) is 86.0 Å². The highest BCUT2D eigenvalue weighted by molar-refractivity contribution is 5.44. The van der Waals surface area contributed by atoms with Crippen molar-refractivity contribution in [2.24, 2.45) is 0 Å². The summed E-state index contributed by atoms with van der Waals surface area (Å²) in [5, 5.41) is 0. The second-order valence-corrected chi connectivity index (χ2v) is 5.58. The number of rotatable bonds is 6. The summed E-state index contributed by atoms with van der Waals surface area (Å²) in [7, 11) is 0. The van der Waals surface area contributed by atoms with Crippen LogP contribution in [0.15, 0.2) is 73.3 Å². The Balaban J connectivity index is 1.96. The van der Waals surface area contributed by atoms with Gasteiger partial charge in [0.25, 0.3) is 0 Å². The van der Waals surface area contributed by atoms with Crippen LogP contribution in [0.3, 0.4) is 0 Å². The minimum atomic E-state index is 1.02. The first kappa shape index (κ1) is 16.8. The van der Waals surface area contributed by atoms with E-state index in [0.717, 1.165) is 36.8 Å². The second-order valence-electron chi connectivity index (χ2n) is 5.58. The maximum atomic E-state index is 3.76. The SMILES string of the molecule is C=CCCc1ccc(C#Cc2ccc(CC/C=C/C)cc2)cc1. The molecule has 0 N–H and O–H groups in total. The van der Waals surface area contributed by atoms with Crippen molar-refractivity contribution < 1.29 is 0 Å². The fourth-order valence-corrected chi connectivity index (χ4v) is 2.34. The number of benzene rings is 2. The molecule has 23 heavy (non-hydrogen) atoms. The predicted octanol–water partition coefficient (Wildman–Crippen LogP) is 5.71. The van der Waals surface area contributed by atoms with Gasteiger partial charge in [0.15, 0.2) is 0 Å². The first-order chi connectivity index (χ1) is 11.3. The maximum absolute atomic E-state index is 3.76. The van der Waals surface area contributed by atoms with Gasteiger partial charge in [0.05, 0.1) is 0 Å². The molecule has 0 atom stereocenters. The third-order valence-corrected chi connectivity index (χ3v) is 3.73. The molecule has 0 aliphatic carbocycles. The molecular formula is C23H24. The lowest BCUT2D eigenvalue weighted by atomic mass is 10.1. The second kappa shape index (κ2) is 9.49. The standard InChI is InChI=1S/C23H24/c1-3-5-7-9-21-12-16-23(17-13-21)19-18-22-14-10-20(11-15-22)8-6-4-2/h3-5,10-17H,2,6-9H2,1H3/b5-3+. The minimum Gasteiger partial charge on any atom is -0.103 e. The van der Waals surface area contributed by atoms with Gasteiger partial charge in [-0.2, -0.15) is 0 Å². The van der Waals surface area contributed by atoms with Crippen LogP contribution in [-0.4, -0.2) is 0 Å². The van der Waals surface area contributed by atoms with Crippen LogP contribution < -0.4 is 0 Å². The minimum absolute atomic E-state index is 1.02. The molecule has 0 heterocycles. The Kier molecular flexibility index (Phi) is 6.95. The molecule has 0 saturated heterocycles. The highest BCUT2D eigenvalue weighted by Crippen LogP contribution is 2.08. The molecule has 0 fully saturated rings. The first-order valence-electron chi connectivity index (χ1n) is 8.24. The first-order valence-corrected chi connectivity index (χ1v) is 8.24. The smallest absolute Gasteiger partial charge is 0.0249 e. The van der Waals surface area contributed by atoms with Crippen LogP contribution >= 0.6 is 0 Å². The fraction of sp³-hybridized carbons (Fsp3) is 0.217. The van der Waals surface area contributed by atoms with Gasteiger partial charge in [0.1, 0.15) is 0 Å². The largest absolute Gasteiger partial charge is 0.103 e. The molecule has 0 amide bonds. The van der Waals surface area contributed by atoms with E-state index in [9.17, 15) is 0 Å². The molecule has 116 valence electrons. The molecule has 0 unspecified atom stereocenters. The van der Waals surface area contributed by atoms with E-state index in [1.54, 1.807) is 0 Å². The van der Waals surface area contributed by atoms with E-state index in [-0.39, 0.29) is 0 Å². The van der Waals surface area contributed by atoms with E-state index >= 15 is 0 Å². The van der Waals surface area contributed by atoms with Crippen molar-refractivity contribution in [3.63, 3.8) is 0 Å². The molecule has 0 aliphatic heterocycles. The van der Waals surface area contributed by atoms with Gasteiger partial charge in [0, 0.05) is 11.1 Å². The van der Waals surface area contributed by atoms with Crippen molar-refractivity contribution in [3.8, 4) is 11.8 Å². The highest BCUT2D eigenvalue weighted by atomic mass is 14.0. The van der Waals surface area contributed by atoms with Crippen molar-refractivity contribution in [2.45, 2.75) is 32.6 Å². The predicted molar refractivity (Wildman–Crippen MR) is 101 cm³/mol. The Labute approximate surface area is 140 Å². The van der Waals surface area contributed by atoms with Gasteiger partial charge < -0.3 is 0 Å². The lowest BCUT2D eigenvalue weighted by molar-refractivity contribution is 0.999. The van der Waals surface area contributed by atoms with Crippen molar-refractivity contribution in [2.75, 3.05) is 0 Å². The van der Waals surface area contributed by atoms with Gasteiger partial charge in [-0.15, -0.1) is 6.58 Å². The molecule has 0 aromatic heterocycles. The molecule has 2 aromatic carbocycles. The average molecular weight is 300 g/mol. The van der Waals surface area contributed by atoms with E-state index in [4.69, 9.17) is 0 Å². The fourth-order valence-electron chi connectivity index (χ4n) is 2.34. The Morgan fingerprint density at radius 3 is 1.70 bits per heavy atom. The summed E-state index contributed by atoms with van der Waals surface area (Å²) in [6.45, 7) is 5.82. The molecule has 2 aromatic rings.